The van der Waals surface area contributed by atoms with E-state index >= 15 is 0 Å². The highest BCUT2D eigenvalue weighted by Crippen LogP contribution is 2.49. The van der Waals surface area contributed by atoms with E-state index in [2.05, 4.69) is 51.0 Å². The lowest BCUT2D eigenvalue weighted by atomic mass is 9.97. The Labute approximate surface area is 407 Å². The minimum atomic E-state index is -0.781. The maximum absolute atomic E-state index is 14.2. The van der Waals surface area contributed by atoms with Crippen molar-refractivity contribution in [3.05, 3.63) is 84.6 Å². The number of hydrogen-bond acceptors (Lipinski definition) is 12. The van der Waals surface area contributed by atoms with Crippen LogP contribution in [0.15, 0.2) is 72.9 Å². The number of rotatable bonds is 19. The number of hydrogen-bond donors (Lipinski definition) is 4. The molecule has 4 N–H and O–H groups in total. The number of benzene rings is 3. The molecule has 4 amide bonds. The van der Waals surface area contributed by atoms with Crippen LogP contribution in [-0.2, 0) is 28.5 Å². The first-order valence-electron chi connectivity index (χ1n) is 23.9. The summed E-state index contributed by atoms with van der Waals surface area (Å²) in [7, 11) is 5.81. The van der Waals surface area contributed by atoms with E-state index in [1.807, 2.05) is 73.9 Å². The van der Waals surface area contributed by atoms with Gasteiger partial charge in [-0.15, -0.1) is 0 Å². The standard InChI is InChI=1S/C52H64N8O10/c1-29(2)42(57-51(63)67-7)49(61)59-21-9-10-41(59)47-54-38-20-16-33(27-39(38)55-47)31-11-13-32(14-12-31)36-18-19-37(46(70-25-23-66-6)45(36)69-24-22-65-5)40-28-53-48(56-40)44-34-15-17-35(26-34)60(44)50(62)43(30(3)4)58-52(64)68-8/h11-20,27-30,34-35,41-44H,9-10,21-26H2,1-8H3,(H,53,56)(H,54,55)(H,57,63)(H,58,64). The number of nitrogens with zero attached hydrogens (tertiary/aromatic N) is 4. The number of carbonyl (C=O) groups excluding carboxylic acids is 4. The third kappa shape index (κ3) is 10.2. The van der Waals surface area contributed by atoms with E-state index in [4.69, 9.17) is 38.4 Å². The van der Waals surface area contributed by atoms with E-state index in [1.165, 1.54) is 14.2 Å². The minimum absolute atomic E-state index is 0.0375. The highest BCUT2D eigenvalue weighted by molar-refractivity contribution is 5.89. The molecule has 6 unspecified atom stereocenters. The SMILES string of the molecule is COCCOc1c(-c2ccc(-c3ccc4nc(C5CCCN5C(=O)C(NC(=O)OC)C(C)C)[nH]c4c3)cc2)ccc(-c2cnc(C3C4C=CC(C4)N3C(=O)C(NC(=O)OC)C(C)C)[nH]2)c1OCCOC. The van der Waals surface area contributed by atoms with Crippen molar-refractivity contribution in [1.82, 2.24) is 40.4 Å². The van der Waals surface area contributed by atoms with Crippen LogP contribution in [0.1, 0.15) is 70.7 Å². The number of aromatic amines is 2. The van der Waals surface area contributed by atoms with Gasteiger partial charge in [-0.05, 0) is 72.1 Å². The van der Waals surface area contributed by atoms with Crippen LogP contribution in [0.3, 0.4) is 0 Å². The average molecular weight is 961 g/mol. The van der Waals surface area contributed by atoms with Crippen molar-refractivity contribution < 1.29 is 47.6 Å². The molecule has 4 heterocycles. The second-order valence-corrected chi connectivity index (χ2v) is 18.6. The second kappa shape index (κ2) is 21.8. The van der Waals surface area contributed by atoms with Gasteiger partial charge in [-0.25, -0.2) is 19.6 Å². The summed E-state index contributed by atoms with van der Waals surface area (Å²) in [6.07, 6.45) is 6.97. The maximum atomic E-state index is 14.2. The molecule has 0 spiro atoms. The molecule has 0 radical (unpaired) electrons. The minimum Gasteiger partial charge on any atom is -0.487 e. The van der Waals surface area contributed by atoms with Crippen LogP contribution >= 0.6 is 0 Å². The highest BCUT2D eigenvalue weighted by Gasteiger charge is 2.49. The Bertz CT molecular complexity index is 2700. The Morgan fingerprint density at radius 1 is 0.714 bits per heavy atom. The molecule has 6 atom stereocenters. The highest BCUT2D eigenvalue weighted by atomic mass is 16.6. The van der Waals surface area contributed by atoms with E-state index in [0.717, 1.165) is 52.5 Å². The molecule has 5 aromatic rings. The lowest BCUT2D eigenvalue weighted by Gasteiger charge is -2.35. The van der Waals surface area contributed by atoms with Crippen LogP contribution in [0.25, 0.3) is 44.5 Å². The van der Waals surface area contributed by atoms with Gasteiger partial charge in [0.15, 0.2) is 11.5 Å². The van der Waals surface area contributed by atoms with Crippen molar-refractivity contribution in [2.45, 2.75) is 77.2 Å². The monoisotopic (exact) mass is 960 g/mol. The maximum Gasteiger partial charge on any atom is 0.407 e. The van der Waals surface area contributed by atoms with Crippen molar-refractivity contribution in [3.63, 3.8) is 0 Å². The third-order valence-corrected chi connectivity index (χ3v) is 13.4. The number of fused-ring (bicyclic) bond motifs is 3. The Morgan fingerprint density at radius 2 is 1.33 bits per heavy atom. The number of nitrogens with one attached hydrogen (secondary N) is 4. The van der Waals surface area contributed by atoms with E-state index in [0.29, 0.717) is 54.2 Å². The molecule has 2 aliphatic heterocycles. The van der Waals surface area contributed by atoms with Crippen LogP contribution in [0, 0.1) is 17.8 Å². The van der Waals surface area contributed by atoms with Crippen LogP contribution in [-0.4, -0.2) is 133 Å². The van der Waals surface area contributed by atoms with Crippen LogP contribution in [0.4, 0.5) is 9.59 Å². The van der Waals surface area contributed by atoms with Gasteiger partial charge in [-0.1, -0.05) is 70.2 Å². The van der Waals surface area contributed by atoms with Gasteiger partial charge in [0, 0.05) is 37.8 Å². The van der Waals surface area contributed by atoms with Gasteiger partial charge in [-0.2, -0.15) is 0 Å². The molecule has 372 valence electrons. The Morgan fingerprint density at radius 3 is 1.97 bits per heavy atom. The predicted octanol–water partition coefficient (Wildman–Crippen LogP) is 7.59. The summed E-state index contributed by atoms with van der Waals surface area (Å²) in [6, 6.07) is 16.0. The molecule has 2 bridgehead atoms. The topological polar surface area (TPSA) is 212 Å². The molecule has 2 saturated heterocycles. The molecule has 1 aliphatic carbocycles. The van der Waals surface area contributed by atoms with Crippen molar-refractivity contribution in [2.24, 2.45) is 17.8 Å². The quantitative estimate of drug-likeness (QED) is 0.0466. The molecular formula is C52H64N8O10. The van der Waals surface area contributed by atoms with Crippen molar-refractivity contribution >= 4 is 35.0 Å². The molecule has 2 aromatic heterocycles. The molecule has 70 heavy (non-hydrogen) atoms. The fraction of sp³-hybridized carbons (Fsp3) is 0.462. The lowest BCUT2D eigenvalue weighted by molar-refractivity contribution is -0.137. The first-order chi connectivity index (χ1) is 33.8. The largest absolute Gasteiger partial charge is 0.487 e. The molecular weight excluding hydrogens is 897 g/mol. The molecule has 2 fully saturated rings. The first-order valence-corrected chi connectivity index (χ1v) is 23.9. The van der Waals surface area contributed by atoms with Crippen molar-refractivity contribution in [2.75, 3.05) is 61.4 Å². The fourth-order valence-corrected chi connectivity index (χ4v) is 9.82. The van der Waals surface area contributed by atoms with E-state index in [9.17, 15) is 19.2 Å². The summed E-state index contributed by atoms with van der Waals surface area (Å²) in [5, 5.41) is 5.46. The van der Waals surface area contributed by atoms with Gasteiger partial charge in [-0.3, -0.25) is 9.59 Å². The number of ether oxygens (including phenoxy) is 6. The van der Waals surface area contributed by atoms with Gasteiger partial charge >= 0.3 is 12.2 Å². The van der Waals surface area contributed by atoms with Gasteiger partial charge in [0.25, 0.3) is 0 Å². The number of methoxy groups -OCH3 is 4. The van der Waals surface area contributed by atoms with Crippen molar-refractivity contribution in [3.8, 4) is 45.0 Å². The van der Waals surface area contributed by atoms with Gasteiger partial charge < -0.3 is 58.8 Å². The Kier molecular flexibility index (Phi) is 15.4. The second-order valence-electron chi connectivity index (χ2n) is 18.6. The number of imidazole rings is 2. The van der Waals surface area contributed by atoms with E-state index < -0.39 is 24.3 Å². The zero-order valence-corrected chi connectivity index (χ0v) is 41.1. The van der Waals surface area contributed by atoms with Crippen molar-refractivity contribution in [1.29, 1.82) is 0 Å². The normalized spacial score (nSPS) is 19.2. The van der Waals surface area contributed by atoms with E-state index in [-0.39, 0.29) is 60.9 Å². The molecule has 0 saturated carbocycles. The smallest absolute Gasteiger partial charge is 0.407 e. The number of carbonyl (C=O) groups is 4. The molecule has 3 aliphatic rings. The summed E-state index contributed by atoms with van der Waals surface area (Å²) in [6.45, 7) is 9.33. The number of H-pyrrole nitrogens is 2. The summed E-state index contributed by atoms with van der Waals surface area (Å²) in [5.41, 5.74) is 6.68. The number of likely N-dealkylation sites (tertiary alicyclic amines) is 2. The van der Waals surface area contributed by atoms with Crippen LogP contribution < -0.4 is 20.1 Å². The molecule has 3 aromatic carbocycles. The third-order valence-electron chi connectivity index (χ3n) is 13.4. The molecule has 18 nitrogen and oxygen atoms in total. The first kappa shape index (κ1) is 49.5. The Hall–Kier alpha value is -6.92. The number of alkyl carbamates (subject to hydrolysis) is 2. The van der Waals surface area contributed by atoms with E-state index in [1.54, 1.807) is 20.4 Å². The summed E-state index contributed by atoms with van der Waals surface area (Å²) < 4.78 is 33.5. The molecule has 18 heteroatoms. The average Bonchev–Trinajstić information content (AvgIpc) is 4.23. The Balaban J connectivity index is 1.08. The van der Waals surface area contributed by atoms with Crippen LogP contribution in [0.5, 0.6) is 11.5 Å². The van der Waals surface area contributed by atoms with Gasteiger partial charge in [0.05, 0.1) is 68.5 Å². The number of amides is 4. The molecule has 8 rings (SSSR count). The van der Waals surface area contributed by atoms with Crippen LogP contribution in [0.2, 0.25) is 0 Å². The summed E-state index contributed by atoms with van der Waals surface area (Å²) >= 11 is 0. The number of aromatic nitrogens is 4. The zero-order valence-electron chi connectivity index (χ0n) is 41.1. The predicted molar refractivity (Wildman–Crippen MR) is 262 cm³/mol. The lowest BCUT2D eigenvalue weighted by Crippen LogP contribution is -2.53. The fourth-order valence-electron chi connectivity index (χ4n) is 9.82. The van der Waals surface area contributed by atoms with Gasteiger partial charge in [0.1, 0.15) is 36.9 Å². The van der Waals surface area contributed by atoms with Gasteiger partial charge in [0.2, 0.25) is 11.8 Å². The summed E-state index contributed by atoms with van der Waals surface area (Å²) in [4.78, 5) is 72.9. The zero-order chi connectivity index (χ0) is 49.6. The summed E-state index contributed by atoms with van der Waals surface area (Å²) in [5.74, 6) is 1.71.